The molecular weight excluding hydrogens is 412 g/mol. The Morgan fingerprint density at radius 1 is 1.10 bits per heavy atom. The molecule has 0 aliphatic rings. The highest BCUT2D eigenvalue weighted by atomic mass is 35.5. The summed E-state index contributed by atoms with van der Waals surface area (Å²) in [7, 11) is 3.33. The van der Waals surface area contributed by atoms with Gasteiger partial charge in [-0.3, -0.25) is 4.79 Å². The number of halogens is 1. The molecule has 7 heteroatoms. The Bertz CT molecular complexity index is 1400. The van der Waals surface area contributed by atoms with Gasteiger partial charge in [0.1, 0.15) is 11.8 Å². The lowest BCUT2D eigenvalue weighted by Gasteiger charge is -2.12. The maximum atomic E-state index is 12.4. The number of aromatic nitrogens is 3. The van der Waals surface area contributed by atoms with E-state index in [2.05, 4.69) is 11.2 Å². The summed E-state index contributed by atoms with van der Waals surface area (Å²) in [5.41, 5.74) is 5.10. The van der Waals surface area contributed by atoms with Gasteiger partial charge in [-0.05, 0) is 41.8 Å². The van der Waals surface area contributed by atoms with Crippen molar-refractivity contribution in [1.82, 2.24) is 14.3 Å². The molecular formula is C24H19ClN4O2. The van der Waals surface area contributed by atoms with Gasteiger partial charge in [0.05, 0.1) is 29.6 Å². The molecule has 0 aliphatic heterocycles. The van der Waals surface area contributed by atoms with Crippen molar-refractivity contribution in [2.24, 2.45) is 7.05 Å². The van der Waals surface area contributed by atoms with Crippen molar-refractivity contribution in [3.8, 4) is 39.8 Å². The van der Waals surface area contributed by atoms with E-state index in [1.54, 1.807) is 55.5 Å². The molecule has 0 radical (unpaired) electrons. The largest absolute Gasteiger partial charge is 0.496 e. The van der Waals surface area contributed by atoms with Crippen molar-refractivity contribution in [2.75, 3.05) is 7.11 Å². The number of ether oxygens (including phenoxy) is 1. The van der Waals surface area contributed by atoms with Crippen LogP contribution in [0.5, 0.6) is 5.75 Å². The number of rotatable bonds is 4. The molecule has 0 saturated carbocycles. The fraction of sp³-hybridized carbons (Fsp3) is 0.125. The Kier molecular flexibility index (Phi) is 5.37. The zero-order chi connectivity index (χ0) is 22.1. The fourth-order valence-corrected chi connectivity index (χ4v) is 3.71. The van der Waals surface area contributed by atoms with Gasteiger partial charge in [0.2, 0.25) is 0 Å². The minimum Gasteiger partial charge on any atom is -0.496 e. The number of hydrogen-bond acceptors (Lipinski definition) is 4. The van der Waals surface area contributed by atoms with Gasteiger partial charge in [0, 0.05) is 36.6 Å². The van der Waals surface area contributed by atoms with Crippen LogP contribution in [0.3, 0.4) is 0 Å². The lowest BCUT2D eigenvalue weighted by atomic mass is 9.97. The van der Waals surface area contributed by atoms with Crippen molar-refractivity contribution in [1.29, 1.82) is 5.26 Å². The van der Waals surface area contributed by atoms with E-state index in [0.29, 0.717) is 16.3 Å². The van der Waals surface area contributed by atoms with Crippen LogP contribution in [-0.4, -0.2) is 21.5 Å². The lowest BCUT2D eigenvalue weighted by molar-refractivity contribution is 0.412. The van der Waals surface area contributed by atoms with E-state index in [-0.39, 0.29) is 5.56 Å². The van der Waals surface area contributed by atoms with Crippen LogP contribution in [0, 0.1) is 18.3 Å². The van der Waals surface area contributed by atoms with Crippen LogP contribution in [0.25, 0.3) is 27.9 Å². The topological polar surface area (TPSA) is 72.8 Å². The summed E-state index contributed by atoms with van der Waals surface area (Å²) in [6, 6.07) is 14.8. The Morgan fingerprint density at radius 2 is 1.90 bits per heavy atom. The number of methoxy groups -OCH3 is 1. The van der Waals surface area contributed by atoms with Gasteiger partial charge in [0.25, 0.3) is 5.56 Å². The average molecular weight is 431 g/mol. The highest BCUT2D eigenvalue weighted by Gasteiger charge is 2.15. The molecule has 2 heterocycles. The van der Waals surface area contributed by atoms with E-state index in [1.807, 2.05) is 31.3 Å². The Morgan fingerprint density at radius 3 is 2.65 bits per heavy atom. The van der Waals surface area contributed by atoms with Crippen LogP contribution in [0.4, 0.5) is 0 Å². The number of nitrogens with zero attached hydrogens (tertiary/aromatic N) is 4. The zero-order valence-electron chi connectivity index (χ0n) is 17.3. The monoisotopic (exact) mass is 430 g/mol. The number of aryl methyl sites for hydroxylation is 2. The second kappa shape index (κ2) is 8.13. The first kappa shape index (κ1) is 20.5. The number of hydrogen-bond donors (Lipinski definition) is 0. The van der Waals surface area contributed by atoms with E-state index in [0.717, 1.165) is 33.6 Å². The van der Waals surface area contributed by atoms with Gasteiger partial charge in [0.15, 0.2) is 0 Å². The van der Waals surface area contributed by atoms with Crippen LogP contribution in [0.2, 0.25) is 5.02 Å². The summed E-state index contributed by atoms with van der Waals surface area (Å²) in [4.78, 5) is 12.4. The lowest BCUT2D eigenvalue weighted by Crippen LogP contribution is -2.15. The van der Waals surface area contributed by atoms with Crippen LogP contribution < -0.4 is 10.3 Å². The first-order valence-corrected chi connectivity index (χ1v) is 9.90. The van der Waals surface area contributed by atoms with E-state index in [4.69, 9.17) is 16.3 Å². The summed E-state index contributed by atoms with van der Waals surface area (Å²) in [5.74, 6) is 0.748. The molecule has 4 aromatic rings. The van der Waals surface area contributed by atoms with Crippen molar-refractivity contribution in [2.45, 2.75) is 6.92 Å². The highest BCUT2D eigenvalue weighted by Crippen LogP contribution is 2.34. The summed E-state index contributed by atoms with van der Waals surface area (Å²) in [5, 5.41) is 14.3. The predicted octanol–water partition coefficient (Wildman–Crippen LogP) is 4.75. The van der Waals surface area contributed by atoms with Crippen LogP contribution in [0.1, 0.15) is 11.1 Å². The third-order valence-electron chi connectivity index (χ3n) is 5.19. The number of nitriles is 1. The maximum Gasteiger partial charge on any atom is 0.250 e. The molecule has 31 heavy (non-hydrogen) atoms. The average Bonchev–Trinajstić information content (AvgIpc) is 3.25. The van der Waals surface area contributed by atoms with Crippen LogP contribution in [0.15, 0.2) is 65.8 Å². The Hall–Kier alpha value is -3.82. The third-order valence-corrected chi connectivity index (χ3v) is 5.51. The van der Waals surface area contributed by atoms with Crippen molar-refractivity contribution >= 4 is 11.6 Å². The standard InChI is InChI=1S/C24H19ClN4O2/c1-15-7-8-16(9-23(15)31-3)18-10-24(30)28(2)14-20(18)17-12-27-29(13-17)22-6-4-5-21(25)19(22)11-26/h4-10,12-14H,1-3H3. The van der Waals surface area contributed by atoms with Crippen molar-refractivity contribution < 1.29 is 4.74 Å². The molecule has 0 atom stereocenters. The normalized spacial score (nSPS) is 10.7. The molecule has 2 aromatic carbocycles. The van der Waals surface area contributed by atoms with Gasteiger partial charge < -0.3 is 9.30 Å². The predicted molar refractivity (Wildman–Crippen MR) is 121 cm³/mol. The van der Waals surface area contributed by atoms with Gasteiger partial charge in [-0.1, -0.05) is 29.8 Å². The summed E-state index contributed by atoms with van der Waals surface area (Å²) in [6.45, 7) is 1.97. The molecule has 0 amide bonds. The van der Waals surface area contributed by atoms with Gasteiger partial charge in [-0.15, -0.1) is 0 Å². The molecule has 0 N–H and O–H groups in total. The fourth-order valence-electron chi connectivity index (χ4n) is 3.49. The SMILES string of the molecule is COc1cc(-c2cc(=O)n(C)cc2-c2cnn(-c3cccc(Cl)c3C#N)c2)ccc1C. The number of benzene rings is 2. The molecule has 0 aliphatic carbocycles. The first-order valence-electron chi connectivity index (χ1n) is 9.52. The van der Waals surface area contributed by atoms with Crippen molar-refractivity contribution in [3.05, 3.63) is 87.6 Å². The van der Waals surface area contributed by atoms with E-state index in [9.17, 15) is 10.1 Å². The Balaban J connectivity index is 1.89. The van der Waals surface area contributed by atoms with Crippen molar-refractivity contribution in [3.63, 3.8) is 0 Å². The van der Waals surface area contributed by atoms with E-state index < -0.39 is 0 Å². The summed E-state index contributed by atoms with van der Waals surface area (Å²) < 4.78 is 8.61. The summed E-state index contributed by atoms with van der Waals surface area (Å²) in [6.07, 6.45) is 5.31. The van der Waals surface area contributed by atoms with Crippen LogP contribution in [-0.2, 0) is 7.05 Å². The number of pyridine rings is 1. The molecule has 0 fully saturated rings. The van der Waals surface area contributed by atoms with Gasteiger partial charge in [-0.2, -0.15) is 10.4 Å². The molecule has 0 spiro atoms. The second-order valence-electron chi connectivity index (χ2n) is 7.15. The smallest absolute Gasteiger partial charge is 0.250 e. The molecule has 6 nitrogen and oxygen atoms in total. The van der Waals surface area contributed by atoms with Gasteiger partial charge in [-0.25, -0.2) is 4.68 Å². The maximum absolute atomic E-state index is 12.4. The molecule has 0 bridgehead atoms. The van der Waals surface area contributed by atoms with Gasteiger partial charge >= 0.3 is 0 Å². The first-order chi connectivity index (χ1) is 14.9. The molecule has 0 saturated heterocycles. The van der Waals surface area contributed by atoms with E-state index >= 15 is 0 Å². The Labute approximate surface area is 184 Å². The minimum atomic E-state index is -0.118. The minimum absolute atomic E-state index is 0.118. The molecule has 4 rings (SSSR count). The highest BCUT2D eigenvalue weighted by molar-refractivity contribution is 6.32. The van der Waals surface area contributed by atoms with E-state index in [1.165, 1.54) is 4.57 Å². The van der Waals surface area contributed by atoms with Crippen LogP contribution >= 0.6 is 11.6 Å². The second-order valence-corrected chi connectivity index (χ2v) is 7.56. The molecule has 154 valence electrons. The summed E-state index contributed by atoms with van der Waals surface area (Å²) >= 11 is 6.17. The zero-order valence-corrected chi connectivity index (χ0v) is 18.0. The molecule has 2 aromatic heterocycles. The molecule has 0 unspecified atom stereocenters. The quantitative estimate of drug-likeness (QED) is 0.468. The third kappa shape index (κ3) is 3.72.